The molecule has 0 amide bonds. The van der Waals surface area contributed by atoms with Gasteiger partial charge in [0.1, 0.15) is 23.0 Å². The van der Waals surface area contributed by atoms with Crippen molar-refractivity contribution in [3.05, 3.63) is 77.6 Å². The van der Waals surface area contributed by atoms with Gasteiger partial charge in [-0.05, 0) is 43.3 Å². The number of carbonyl (C=O) groups excluding carboxylic acids is 1. The van der Waals surface area contributed by atoms with Gasteiger partial charge in [0.05, 0.1) is 44.5 Å². The molecule has 12 heteroatoms. The van der Waals surface area contributed by atoms with Crippen molar-refractivity contribution < 1.29 is 36.6 Å². The average Bonchev–Trinajstić information content (AvgIpc) is 3.00. The number of ether oxygens (including phenoxy) is 3. The fraction of sp³-hybridized carbons (Fsp3) is 0.355. The fourth-order valence-electron chi connectivity index (χ4n) is 5.46. The van der Waals surface area contributed by atoms with Crippen molar-refractivity contribution in [2.24, 2.45) is 4.99 Å². The van der Waals surface area contributed by atoms with Gasteiger partial charge in [-0.1, -0.05) is 18.2 Å². The third kappa shape index (κ3) is 6.18. The first-order valence-corrected chi connectivity index (χ1v) is 13.9. The number of carbonyl (C=O) groups is 1. The molecule has 2 heterocycles. The molecule has 0 unspecified atom stereocenters. The van der Waals surface area contributed by atoms with Gasteiger partial charge in [0.15, 0.2) is 0 Å². The first-order valence-electron chi connectivity index (χ1n) is 13.9. The largest absolute Gasteiger partial charge is 0.497 e. The van der Waals surface area contributed by atoms with Gasteiger partial charge in [-0.2, -0.15) is 13.2 Å². The van der Waals surface area contributed by atoms with E-state index in [4.69, 9.17) is 14.2 Å². The van der Waals surface area contributed by atoms with Crippen LogP contribution in [0.2, 0.25) is 0 Å². The van der Waals surface area contributed by atoms with Gasteiger partial charge in [-0.3, -0.25) is 4.79 Å². The van der Waals surface area contributed by atoms with Crippen molar-refractivity contribution in [2.45, 2.75) is 25.6 Å². The summed E-state index contributed by atoms with van der Waals surface area (Å²) in [5.74, 6) is -0.107. The van der Waals surface area contributed by atoms with Crippen LogP contribution in [0, 0.1) is 5.82 Å². The molecule has 3 aromatic rings. The van der Waals surface area contributed by atoms with E-state index in [-0.39, 0.29) is 36.1 Å². The Morgan fingerprint density at radius 3 is 2.35 bits per heavy atom. The lowest BCUT2D eigenvalue weighted by atomic mass is 9.96. The molecule has 43 heavy (non-hydrogen) atoms. The zero-order valence-electron chi connectivity index (χ0n) is 24.0. The number of rotatable bonds is 7. The van der Waals surface area contributed by atoms with Gasteiger partial charge in [0.2, 0.25) is 5.96 Å². The number of guanidine groups is 1. The van der Waals surface area contributed by atoms with Crippen LogP contribution < -0.4 is 19.3 Å². The lowest BCUT2D eigenvalue weighted by molar-refractivity contribution is -0.143. The van der Waals surface area contributed by atoms with E-state index >= 15 is 4.39 Å². The van der Waals surface area contributed by atoms with Crippen molar-refractivity contribution >= 4 is 29.0 Å². The molecule has 2 aliphatic rings. The Hall–Kier alpha value is -4.48. The zero-order chi connectivity index (χ0) is 30.7. The highest BCUT2D eigenvalue weighted by Gasteiger charge is 2.40. The van der Waals surface area contributed by atoms with Crippen LogP contribution in [0.5, 0.6) is 11.5 Å². The Balaban J connectivity index is 1.61. The number of piperazine rings is 1. The van der Waals surface area contributed by atoms with Crippen LogP contribution in [0.1, 0.15) is 30.5 Å². The number of alkyl halides is 3. The third-order valence-electron chi connectivity index (χ3n) is 7.53. The summed E-state index contributed by atoms with van der Waals surface area (Å²) in [5, 5.41) is 0. The number of anilines is 2. The summed E-state index contributed by atoms with van der Waals surface area (Å²) >= 11 is 0. The van der Waals surface area contributed by atoms with Crippen LogP contribution in [-0.4, -0.2) is 63.8 Å². The van der Waals surface area contributed by atoms with Crippen LogP contribution in [0.25, 0.3) is 0 Å². The first kappa shape index (κ1) is 30.0. The summed E-state index contributed by atoms with van der Waals surface area (Å²) in [7, 11) is 2.95. The summed E-state index contributed by atoms with van der Waals surface area (Å²) in [6, 6.07) is 14.2. The molecule has 0 bridgehead atoms. The number of hydrogen-bond acceptors (Lipinski definition) is 8. The predicted octanol–water partition coefficient (Wildman–Crippen LogP) is 6.19. The van der Waals surface area contributed by atoms with Gasteiger partial charge in [-0.15, -0.1) is 0 Å². The van der Waals surface area contributed by atoms with Gasteiger partial charge in [0, 0.05) is 43.5 Å². The molecule has 0 saturated carbocycles. The monoisotopic (exact) mass is 600 g/mol. The van der Waals surface area contributed by atoms with Gasteiger partial charge >= 0.3 is 12.1 Å². The van der Waals surface area contributed by atoms with E-state index in [2.05, 4.69) is 9.89 Å². The Bertz CT molecular complexity index is 1510. The van der Waals surface area contributed by atoms with Gasteiger partial charge < -0.3 is 28.9 Å². The van der Waals surface area contributed by atoms with E-state index in [9.17, 15) is 18.0 Å². The van der Waals surface area contributed by atoms with Crippen LogP contribution in [-0.2, 0) is 15.7 Å². The number of aliphatic imine (C=N–C) groups is 1. The summed E-state index contributed by atoms with van der Waals surface area (Å²) < 4.78 is 73.2. The fourth-order valence-corrected chi connectivity index (χ4v) is 5.46. The van der Waals surface area contributed by atoms with Crippen LogP contribution >= 0.6 is 0 Å². The topological polar surface area (TPSA) is 66.8 Å². The molecular weight excluding hydrogens is 568 g/mol. The van der Waals surface area contributed by atoms with E-state index in [0.717, 1.165) is 17.8 Å². The average molecular weight is 601 g/mol. The number of methoxy groups -OCH3 is 2. The van der Waals surface area contributed by atoms with E-state index in [1.165, 1.54) is 25.3 Å². The Labute approximate surface area is 247 Å². The number of fused-ring (bicyclic) bond motifs is 1. The zero-order valence-corrected chi connectivity index (χ0v) is 24.0. The van der Waals surface area contributed by atoms with Gasteiger partial charge in [0.25, 0.3) is 0 Å². The minimum absolute atomic E-state index is 0.0317. The highest BCUT2D eigenvalue weighted by molar-refractivity contribution is 6.02. The number of nitrogens with zero attached hydrogens (tertiary/aromatic N) is 4. The standard InChI is InChI=1S/C31H32F4N4O4/c1-4-43-28(40)19-25-23-9-6-10-24(32)29(23)36-30(39(25)26-17-20(31(33,34)35)11-12-27(26)42-3)38-15-13-37(14-16-38)21-7-5-8-22(18-21)41-2/h5-12,17-18,25H,4,13-16,19H2,1-3H3/t25-/m0/s1. The van der Waals surface area contributed by atoms with Crippen LogP contribution in [0.4, 0.5) is 34.6 Å². The maximum atomic E-state index is 15.3. The Morgan fingerprint density at radius 2 is 1.67 bits per heavy atom. The van der Waals surface area contributed by atoms with Crippen molar-refractivity contribution in [2.75, 3.05) is 56.8 Å². The number of halogens is 4. The maximum absolute atomic E-state index is 15.3. The molecule has 1 saturated heterocycles. The maximum Gasteiger partial charge on any atom is 0.416 e. The van der Waals surface area contributed by atoms with E-state index < -0.39 is 29.6 Å². The molecule has 2 aliphatic heterocycles. The first-order chi connectivity index (χ1) is 20.6. The molecule has 0 N–H and O–H groups in total. The molecule has 228 valence electrons. The Kier molecular flexibility index (Phi) is 8.65. The highest BCUT2D eigenvalue weighted by Crippen LogP contribution is 2.46. The lowest BCUT2D eigenvalue weighted by Gasteiger charge is -2.45. The SMILES string of the molecule is CCOC(=O)C[C@H]1c2cccc(F)c2N=C(N2CCN(c3cccc(OC)c3)CC2)N1c1cc(C(F)(F)F)ccc1OC. The summed E-state index contributed by atoms with van der Waals surface area (Å²) in [4.78, 5) is 23.2. The molecule has 0 spiro atoms. The number of hydrogen-bond donors (Lipinski definition) is 0. The molecule has 1 atom stereocenters. The number of para-hydroxylation sites is 1. The molecule has 5 rings (SSSR count). The minimum Gasteiger partial charge on any atom is -0.497 e. The molecular formula is C31H32F4N4O4. The molecule has 8 nitrogen and oxygen atoms in total. The quantitative estimate of drug-likeness (QED) is 0.237. The normalized spacial score (nSPS) is 16.9. The third-order valence-corrected chi connectivity index (χ3v) is 7.53. The van der Waals surface area contributed by atoms with E-state index in [0.29, 0.717) is 37.5 Å². The second-order valence-corrected chi connectivity index (χ2v) is 10.0. The molecule has 0 aliphatic carbocycles. The predicted molar refractivity (Wildman–Crippen MR) is 155 cm³/mol. The van der Waals surface area contributed by atoms with Crippen molar-refractivity contribution in [1.29, 1.82) is 0 Å². The van der Waals surface area contributed by atoms with E-state index in [1.54, 1.807) is 25.0 Å². The van der Waals surface area contributed by atoms with Crippen LogP contribution in [0.15, 0.2) is 65.7 Å². The second-order valence-electron chi connectivity index (χ2n) is 10.0. The van der Waals surface area contributed by atoms with E-state index in [1.807, 2.05) is 29.2 Å². The number of esters is 1. The van der Waals surface area contributed by atoms with Crippen molar-refractivity contribution in [1.82, 2.24) is 4.90 Å². The van der Waals surface area contributed by atoms with Crippen molar-refractivity contribution in [3.63, 3.8) is 0 Å². The lowest BCUT2D eigenvalue weighted by Crippen LogP contribution is -2.55. The van der Waals surface area contributed by atoms with Crippen LogP contribution in [0.3, 0.4) is 0 Å². The van der Waals surface area contributed by atoms with Crippen molar-refractivity contribution in [3.8, 4) is 11.5 Å². The minimum atomic E-state index is -4.64. The summed E-state index contributed by atoms with van der Waals surface area (Å²) in [5.41, 5.74) is 0.494. The summed E-state index contributed by atoms with van der Waals surface area (Å²) in [6.07, 6.45) is -4.90. The second kappa shape index (κ2) is 12.4. The highest BCUT2D eigenvalue weighted by atomic mass is 19.4. The summed E-state index contributed by atoms with van der Waals surface area (Å²) in [6.45, 7) is 3.71. The molecule has 3 aromatic carbocycles. The smallest absolute Gasteiger partial charge is 0.416 e. The van der Waals surface area contributed by atoms with Gasteiger partial charge in [-0.25, -0.2) is 9.38 Å². The molecule has 1 fully saturated rings. The molecule has 0 radical (unpaired) electrons. The number of benzene rings is 3. The molecule has 0 aromatic heterocycles. The Morgan fingerprint density at radius 1 is 0.953 bits per heavy atom.